The molecule has 0 aliphatic carbocycles. The van der Waals surface area contributed by atoms with Gasteiger partial charge in [-0.1, -0.05) is 18.7 Å². The Balaban J connectivity index is 2.70. The first kappa shape index (κ1) is 14.5. The Morgan fingerprint density at radius 3 is 2.81 bits per heavy atom. The van der Waals surface area contributed by atoms with Crippen molar-refractivity contribution >= 4 is 26.1 Å². The standard InChI is InChI=1S/C8H16BFNO3PS/c1-3-15(12,16)11-7-5(4-13-2)14-8(9)6(7)10/h5-8H,3-4H2,1-2H3,(H2,11,12,16)/t5-,6?,7?,8-,15?/m1/s1. The first-order valence-corrected chi connectivity index (χ1v) is 7.99. The molecule has 92 valence electrons. The van der Waals surface area contributed by atoms with Gasteiger partial charge in [0.2, 0.25) is 0 Å². The van der Waals surface area contributed by atoms with E-state index in [0.717, 1.165) is 0 Å². The van der Waals surface area contributed by atoms with Gasteiger partial charge in [0.1, 0.15) is 20.4 Å². The molecule has 5 atom stereocenters. The molecule has 1 aliphatic heterocycles. The van der Waals surface area contributed by atoms with Crippen LogP contribution in [0.4, 0.5) is 4.39 Å². The Morgan fingerprint density at radius 1 is 1.69 bits per heavy atom. The SMILES string of the molecule is [B][C@@H]1O[C@H](COC)C(NP(O)(=S)CC)C1F. The van der Waals surface area contributed by atoms with Crippen molar-refractivity contribution in [3.05, 3.63) is 0 Å². The summed E-state index contributed by atoms with van der Waals surface area (Å²) in [6, 6.07) is -1.70. The highest BCUT2D eigenvalue weighted by Crippen LogP contribution is 2.38. The lowest BCUT2D eigenvalue weighted by atomic mass is 9.93. The third-order valence-corrected chi connectivity index (χ3v) is 5.15. The number of rotatable bonds is 5. The van der Waals surface area contributed by atoms with Crippen molar-refractivity contribution in [3.63, 3.8) is 0 Å². The van der Waals surface area contributed by atoms with E-state index in [2.05, 4.69) is 5.09 Å². The Morgan fingerprint density at radius 2 is 2.31 bits per heavy atom. The van der Waals surface area contributed by atoms with Gasteiger partial charge < -0.3 is 14.4 Å². The average molecular weight is 267 g/mol. The zero-order valence-corrected chi connectivity index (χ0v) is 11.0. The van der Waals surface area contributed by atoms with Gasteiger partial charge in [-0.25, -0.2) is 4.39 Å². The molecule has 0 aromatic carbocycles. The van der Waals surface area contributed by atoms with Gasteiger partial charge in [-0.05, 0) is 0 Å². The average Bonchev–Trinajstić information content (AvgIpc) is 2.47. The van der Waals surface area contributed by atoms with E-state index >= 15 is 0 Å². The molecular formula is C8H16BFNO3PS. The number of alkyl halides is 1. The van der Waals surface area contributed by atoms with Gasteiger partial charge in [0, 0.05) is 19.3 Å². The topological polar surface area (TPSA) is 50.7 Å². The zero-order chi connectivity index (χ0) is 12.3. The number of halogens is 1. The van der Waals surface area contributed by atoms with Crippen LogP contribution in [0.5, 0.6) is 0 Å². The van der Waals surface area contributed by atoms with E-state index in [9.17, 15) is 9.28 Å². The minimum absolute atomic E-state index is 0.213. The number of nitrogens with one attached hydrogen (secondary N) is 1. The molecule has 2 radical (unpaired) electrons. The predicted octanol–water partition coefficient (Wildman–Crippen LogP) is 0.144. The largest absolute Gasteiger partial charge is 0.382 e. The third-order valence-electron chi connectivity index (χ3n) is 2.50. The number of methoxy groups -OCH3 is 1. The molecule has 0 saturated carbocycles. The van der Waals surface area contributed by atoms with Gasteiger partial charge in [-0.15, -0.1) is 0 Å². The molecule has 16 heavy (non-hydrogen) atoms. The van der Waals surface area contributed by atoms with Crippen LogP contribution in [0.3, 0.4) is 0 Å². The molecule has 2 N–H and O–H groups in total. The highest BCUT2D eigenvalue weighted by molar-refractivity contribution is 8.10. The smallest absolute Gasteiger partial charge is 0.136 e. The molecule has 1 rings (SSSR count). The molecule has 1 fully saturated rings. The molecule has 0 aromatic heterocycles. The summed E-state index contributed by atoms with van der Waals surface area (Å²) in [7, 11) is 6.95. The number of ether oxygens (including phenoxy) is 2. The fourth-order valence-corrected chi connectivity index (χ4v) is 2.88. The van der Waals surface area contributed by atoms with Crippen LogP contribution in [0.25, 0.3) is 0 Å². The van der Waals surface area contributed by atoms with Crippen LogP contribution in [0.15, 0.2) is 0 Å². The normalized spacial score (nSPS) is 38.5. The Kier molecular flexibility index (Phi) is 5.36. The summed E-state index contributed by atoms with van der Waals surface area (Å²) < 4.78 is 23.8. The molecule has 0 spiro atoms. The van der Waals surface area contributed by atoms with E-state index in [1.807, 2.05) is 0 Å². The molecule has 4 nitrogen and oxygen atoms in total. The van der Waals surface area contributed by atoms with Gasteiger partial charge in [0.05, 0.1) is 18.8 Å². The molecule has 0 aromatic rings. The van der Waals surface area contributed by atoms with Gasteiger partial charge in [0.25, 0.3) is 0 Å². The van der Waals surface area contributed by atoms with Crippen LogP contribution < -0.4 is 5.09 Å². The first-order valence-electron chi connectivity index (χ1n) is 5.05. The summed E-state index contributed by atoms with van der Waals surface area (Å²) in [6.45, 7) is 1.97. The van der Waals surface area contributed by atoms with E-state index in [1.54, 1.807) is 6.92 Å². The van der Waals surface area contributed by atoms with Crippen molar-refractivity contribution < 1.29 is 18.8 Å². The van der Waals surface area contributed by atoms with E-state index < -0.39 is 30.7 Å². The summed E-state index contributed by atoms with van der Waals surface area (Å²) in [4.78, 5) is 9.78. The molecule has 1 saturated heterocycles. The van der Waals surface area contributed by atoms with Crippen molar-refractivity contribution in [1.29, 1.82) is 0 Å². The van der Waals surface area contributed by atoms with Crippen LogP contribution >= 0.6 is 6.42 Å². The molecule has 8 heteroatoms. The fourth-order valence-electron chi connectivity index (χ4n) is 1.56. The minimum Gasteiger partial charge on any atom is -0.382 e. The lowest BCUT2D eigenvalue weighted by Crippen LogP contribution is -2.43. The summed E-state index contributed by atoms with van der Waals surface area (Å²) in [5.74, 6) is 0. The maximum atomic E-state index is 13.7. The third kappa shape index (κ3) is 3.49. The molecule has 1 aliphatic rings. The minimum atomic E-state index is -2.70. The lowest BCUT2D eigenvalue weighted by molar-refractivity contribution is 0.0164. The predicted molar refractivity (Wildman–Crippen MR) is 65.2 cm³/mol. The van der Waals surface area contributed by atoms with Gasteiger partial charge >= 0.3 is 0 Å². The van der Waals surface area contributed by atoms with E-state index in [-0.39, 0.29) is 6.61 Å². The van der Waals surface area contributed by atoms with Crippen LogP contribution in [0.1, 0.15) is 6.92 Å². The van der Waals surface area contributed by atoms with Crippen molar-refractivity contribution in [1.82, 2.24) is 5.09 Å². The van der Waals surface area contributed by atoms with Crippen molar-refractivity contribution in [2.75, 3.05) is 19.9 Å². The lowest BCUT2D eigenvalue weighted by Gasteiger charge is -2.25. The highest BCUT2D eigenvalue weighted by Gasteiger charge is 2.43. The van der Waals surface area contributed by atoms with Crippen LogP contribution in [-0.2, 0) is 21.3 Å². The Labute approximate surface area is 101 Å². The maximum Gasteiger partial charge on any atom is 0.136 e. The molecule has 0 bridgehead atoms. The van der Waals surface area contributed by atoms with E-state index in [1.165, 1.54) is 7.11 Å². The monoisotopic (exact) mass is 267 g/mol. The van der Waals surface area contributed by atoms with Crippen LogP contribution in [0.2, 0.25) is 0 Å². The Hall–Kier alpha value is 0.485. The molecular weight excluding hydrogens is 251 g/mol. The van der Waals surface area contributed by atoms with Crippen LogP contribution in [0, 0.1) is 0 Å². The van der Waals surface area contributed by atoms with Gasteiger partial charge in [0.15, 0.2) is 0 Å². The second-order valence-electron chi connectivity index (χ2n) is 3.71. The number of hydrogen-bond donors (Lipinski definition) is 2. The highest BCUT2D eigenvalue weighted by atomic mass is 32.4. The number of hydrogen-bond acceptors (Lipinski definition) is 3. The summed E-state index contributed by atoms with van der Waals surface area (Å²) in [6.07, 6.45) is -4.21. The van der Waals surface area contributed by atoms with E-state index in [0.29, 0.717) is 6.16 Å². The van der Waals surface area contributed by atoms with Gasteiger partial charge in [-0.2, -0.15) is 0 Å². The van der Waals surface area contributed by atoms with Crippen molar-refractivity contribution in [2.45, 2.75) is 31.2 Å². The second-order valence-corrected chi connectivity index (χ2v) is 7.82. The van der Waals surface area contributed by atoms with Crippen LogP contribution in [-0.4, -0.2) is 56.9 Å². The fraction of sp³-hybridized carbons (Fsp3) is 1.00. The summed E-state index contributed by atoms with van der Waals surface area (Å²) in [5.41, 5.74) is 0. The second kappa shape index (κ2) is 5.89. The van der Waals surface area contributed by atoms with Crippen molar-refractivity contribution in [3.8, 4) is 0 Å². The summed E-state index contributed by atoms with van der Waals surface area (Å²) in [5, 5.41) is 2.74. The first-order chi connectivity index (χ1) is 7.41. The summed E-state index contributed by atoms with van der Waals surface area (Å²) >= 11 is 4.96. The maximum absolute atomic E-state index is 13.7. The molecule has 0 amide bonds. The Bertz CT molecular complexity index is 286. The zero-order valence-electron chi connectivity index (χ0n) is 9.30. The van der Waals surface area contributed by atoms with Gasteiger partial charge in [-0.3, -0.25) is 5.09 Å². The van der Waals surface area contributed by atoms with Crippen molar-refractivity contribution in [2.24, 2.45) is 0 Å². The molecule has 3 unspecified atom stereocenters. The molecule has 1 heterocycles. The van der Waals surface area contributed by atoms with E-state index in [4.69, 9.17) is 29.1 Å². The quantitative estimate of drug-likeness (QED) is 0.548.